The Morgan fingerprint density at radius 3 is 1.45 bits per heavy atom. The van der Waals surface area contributed by atoms with Crippen molar-refractivity contribution in [2.24, 2.45) is 0 Å². The SMILES string of the molecule is CC(=O)Cl.CO.C[C-]=O.[CH3-].[Y]. The van der Waals surface area contributed by atoms with Gasteiger partial charge in [-0.1, -0.05) is 0 Å². The number of aliphatic hydroxyl groups excluding tert-OH is 1. The third-order valence-electron chi connectivity index (χ3n) is 0. The van der Waals surface area contributed by atoms with E-state index in [1.807, 2.05) is 0 Å². The van der Waals surface area contributed by atoms with Gasteiger partial charge in [-0.25, -0.2) is 0 Å². The Balaban J connectivity index is -0.0000000158. The molecule has 0 unspecified atom stereocenters. The van der Waals surface area contributed by atoms with Gasteiger partial charge in [0.2, 0.25) is 5.24 Å². The van der Waals surface area contributed by atoms with Crippen LogP contribution in [0.3, 0.4) is 0 Å². The van der Waals surface area contributed by atoms with Crippen LogP contribution in [-0.2, 0) is 42.3 Å². The summed E-state index contributed by atoms with van der Waals surface area (Å²) in [6.07, 6.45) is 1.50. The van der Waals surface area contributed by atoms with Crippen LogP contribution in [0.5, 0.6) is 0 Å². The first-order valence-electron chi connectivity index (χ1n) is 2.04. The van der Waals surface area contributed by atoms with Crippen molar-refractivity contribution in [1.29, 1.82) is 0 Å². The Kier molecular flexibility index (Phi) is 124. The standard InChI is InChI=1S/C2H3ClO.C2H3O.CH4O.CH3.Y/c1-2(3)4;1-2-3;1-2;;/h1H3;1H3;2H,1H3;1H3;/q;-1;;-1;. The molecular weight excluding hydrogens is 244 g/mol. The van der Waals surface area contributed by atoms with Crippen molar-refractivity contribution in [2.75, 3.05) is 7.11 Å². The molecule has 0 fully saturated rings. The van der Waals surface area contributed by atoms with Crippen LogP contribution in [0.25, 0.3) is 0 Å². The number of hydrogen-bond donors (Lipinski definition) is 1. The molecule has 1 N–H and O–H groups in total. The van der Waals surface area contributed by atoms with Gasteiger partial charge in [0.25, 0.3) is 0 Å². The molecule has 0 aromatic carbocycles. The average molecular weight is 258 g/mol. The molecule has 3 nitrogen and oxygen atoms in total. The predicted molar refractivity (Wildman–Crippen MR) is 42.5 cm³/mol. The van der Waals surface area contributed by atoms with Gasteiger partial charge in [0.1, 0.15) is 0 Å². The van der Waals surface area contributed by atoms with Gasteiger partial charge in [0.05, 0.1) is 0 Å². The average Bonchev–Trinajstić information content (AvgIpc) is 1.71. The van der Waals surface area contributed by atoms with Crippen LogP contribution < -0.4 is 0 Å². The zero-order valence-corrected chi connectivity index (χ0v) is 10.8. The topological polar surface area (TPSA) is 54.4 Å². The maximum atomic E-state index is 9.21. The minimum absolute atomic E-state index is 0. The molecule has 0 heterocycles. The molecule has 0 spiro atoms. The Morgan fingerprint density at radius 1 is 1.45 bits per heavy atom. The number of rotatable bonds is 0. The van der Waals surface area contributed by atoms with E-state index >= 15 is 0 Å². The molecule has 0 amide bonds. The maximum absolute atomic E-state index is 9.21. The summed E-state index contributed by atoms with van der Waals surface area (Å²) in [5.41, 5.74) is 0. The van der Waals surface area contributed by atoms with Crippen molar-refractivity contribution in [3.8, 4) is 0 Å². The normalized spacial score (nSPS) is 4.09. The van der Waals surface area contributed by atoms with Gasteiger partial charge in [-0.3, -0.25) is 11.1 Å². The first kappa shape index (κ1) is 29.8. The van der Waals surface area contributed by atoms with Crippen LogP contribution in [0.4, 0.5) is 0 Å². The summed E-state index contributed by atoms with van der Waals surface area (Å²) in [5, 5.41) is 6.64. The van der Waals surface area contributed by atoms with Gasteiger partial charge in [-0.2, -0.15) is 6.92 Å². The number of halogens is 1. The van der Waals surface area contributed by atoms with E-state index in [9.17, 15) is 4.79 Å². The molecule has 11 heavy (non-hydrogen) atoms. The van der Waals surface area contributed by atoms with Crippen LogP contribution in [0, 0.1) is 7.43 Å². The van der Waals surface area contributed by atoms with E-state index in [-0.39, 0.29) is 45.4 Å². The van der Waals surface area contributed by atoms with E-state index in [1.165, 1.54) is 20.1 Å². The number of hydrogen-bond acceptors (Lipinski definition) is 3. The number of carbonyl (C=O) groups is 1. The van der Waals surface area contributed by atoms with Crippen LogP contribution >= 0.6 is 11.6 Å². The van der Waals surface area contributed by atoms with Gasteiger partial charge < -0.3 is 17.3 Å². The van der Waals surface area contributed by atoms with Gasteiger partial charge >= 0.3 is 0 Å². The molecule has 0 saturated carbocycles. The molecule has 0 rings (SSSR count). The molecule has 67 valence electrons. The fourth-order valence-corrected chi connectivity index (χ4v) is 0. The van der Waals surface area contributed by atoms with Gasteiger partial charge in [0, 0.05) is 46.7 Å². The fraction of sp³-hybridized carbons (Fsp3) is 0.500. The van der Waals surface area contributed by atoms with Gasteiger partial charge in [-0.15, -0.1) is 0 Å². The van der Waals surface area contributed by atoms with Crippen molar-refractivity contribution < 1.29 is 47.4 Å². The third kappa shape index (κ3) is 1680. The van der Waals surface area contributed by atoms with E-state index < -0.39 is 0 Å². The van der Waals surface area contributed by atoms with E-state index in [2.05, 4.69) is 11.6 Å². The number of aliphatic hydroxyl groups is 1. The minimum Gasteiger partial charge on any atom is -0.542 e. The molecule has 1 radical (unpaired) electrons. The molecule has 0 aliphatic heterocycles. The van der Waals surface area contributed by atoms with Crippen molar-refractivity contribution in [2.45, 2.75) is 13.8 Å². The molecule has 0 bridgehead atoms. The molecule has 5 heteroatoms. The summed E-state index contributed by atoms with van der Waals surface area (Å²) in [5.74, 6) is 0. The van der Waals surface area contributed by atoms with E-state index in [0.717, 1.165) is 7.11 Å². The Bertz CT molecular complexity index is 64.8. The summed E-state index contributed by atoms with van der Waals surface area (Å²) in [4.78, 5) is 17.9. The Hall–Kier alpha value is 0.694. The molecule has 0 aliphatic carbocycles. The Labute approximate surface area is 98.4 Å². The van der Waals surface area contributed by atoms with Crippen LogP contribution in [-0.4, -0.2) is 23.7 Å². The van der Waals surface area contributed by atoms with Crippen LogP contribution in [0.2, 0.25) is 0 Å². The van der Waals surface area contributed by atoms with Crippen molar-refractivity contribution >= 4 is 23.1 Å². The van der Waals surface area contributed by atoms with Crippen LogP contribution in [0.15, 0.2) is 0 Å². The van der Waals surface area contributed by atoms with Crippen molar-refractivity contribution in [1.82, 2.24) is 0 Å². The largest absolute Gasteiger partial charge is 0.542 e. The maximum Gasteiger partial charge on any atom is 0.218 e. The van der Waals surface area contributed by atoms with E-state index in [1.54, 1.807) is 0 Å². The molecule has 0 aliphatic rings. The summed E-state index contributed by atoms with van der Waals surface area (Å²) >= 11 is 4.64. The smallest absolute Gasteiger partial charge is 0.218 e. The monoisotopic (exact) mass is 257 g/mol. The quantitative estimate of drug-likeness (QED) is 0.519. The Morgan fingerprint density at radius 2 is 1.45 bits per heavy atom. The zero-order valence-electron chi connectivity index (χ0n) is 7.22. The van der Waals surface area contributed by atoms with Crippen molar-refractivity contribution in [3.05, 3.63) is 7.43 Å². The summed E-state index contributed by atoms with van der Waals surface area (Å²) in [7, 11) is 1.00. The molecule has 0 aromatic heterocycles. The molecule has 0 atom stereocenters. The second-order valence-corrected chi connectivity index (χ2v) is 1.21. The van der Waals surface area contributed by atoms with Crippen LogP contribution in [0.1, 0.15) is 13.8 Å². The van der Waals surface area contributed by atoms with Crippen molar-refractivity contribution in [3.63, 3.8) is 0 Å². The molecule has 0 saturated heterocycles. The third-order valence-corrected chi connectivity index (χ3v) is 0. The predicted octanol–water partition coefficient (Wildman–Crippen LogP) is 0.944. The zero-order chi connectivity index (χ0) is 8.28. The first-order valence-corrected chi connectivity index (χ1v) is 2.42. The minimum atomic E-state index is -0.361. The van der Waals surface area contributed by atoms with Gasteiger partial charge in [-0.05, 0) is 11.6 Å². The summed E-state index contributed by atoms with van der Waals surface area (Å²) in [6, 6.07) is 0. The second kappa shape index (κ2) is 45.6. The molecule has 0 aromatic rings. The second-order valence-electron chi connectivity index (χ2n) is 0.674. The summed E-state index contributed by atoms with van der Waals surface area (Å²) < 4.78 is 0. The van der Waals surface area contributed by atoms with Gasteiger partial charge in [0.15, 0.2) is 0 Å². The summed E-state index contributed by atoms with van der Waals surface area (Å²) in [6.45, 7) is 2.61. The van der Waals surface area contributed by atoms with E-state index in [0.29, 0.717) is 0 Å². The molecular formula is C6H13ClO3Y-2. The first-order chi connectivity index (χ1) is 4.15. The van der Waals surface area contributed by atoms with E-state index in [4.69, 9.17) is 9.90 Å². The number of carbonyl (C=O) groups excluding carboxylic acids is 2. The fourth-order valence-electron chi connectivity index (χ4n) is 0.